The smallest absolute Gasteiger partial charge is 0.249 e. The fourth-order valence-corrected chi connectivity index (χ4v) is 14.2. The first-order valence-corrected chi connectivity index (χ1v) is 42.1. The van der Waals surface area contributed by atoms with E-state index in [0.717, 1.165) is 32.1 Å². The largest absolute Gasteiger partial charge is 0.394 e. The second-order valence-corrected chi connectivity index (χ2v) is 29.9. The van der Waals surface area contributed by atoms with Crippen LogP contribution in [0.3, 0.4) is 0 Å². The van der Waals surface area contributed by atoms with E-state index in [4.69, 9.17) is 9.47 Å². The molecular weight excluding hydrogens is 1170 g/mol. The number of hydrogen-bond acceptors (Lipinski definition) is 10. The van der Waals surface area contributed by atoms with Crippen LogP contribution < -0.4 is 5.32 Å². The van der Waals surface area contributed by atoms with Crippen LogP contribution >= 0.6 is 0 Å². The Bertz CT molecular complexity index is 1540. The molecule has 8 N–H and O–H groups in total. The minimum absolute atomic E-state index is 0.260. The minimum atomic E-state index is -1.67. The Morgan fingerprint density at radius 1 is 0.362 bits per heavy atom. The normalized spacial score (nSPS) is 18.2. The number of hydrogen-bond donors (Lipinski definition) is 8. The summed E-state index contributed by atoms with van der Waals surface area (Å²) in [7, 11) is 0. The van der Waals surface area contributed by atoms with Gasteiger partial charge in [-0.05, 0) is 38.5 Å². The molecule has 94 heavy (non-hydrogen) atoms. The third kappa shape index (κ3) is 57.6. The third-order valence-electron chi connectivity index (χ3n) is 20.8. The molecule has 1 saturated heterocycles. The van der Waals surface area contributed by atoms with Gasteiger partial charge in [0.25, 0.3) is 0 Å². The molecule has 1 heterocycles. The summed E-state index contributed by atoms with van der Waals surface area (Å²) < 4.78 is 11.2. The van der Waals surface area contributed by atoms with E-state index in [9.17, 15) is 40.5 Å². The van der Waals surface area contributed by atoms with Gasteiger partial charge in [-0.2, -0.15) is 0 Å². The van der Waals surface area contributed by atoms with Crippen LogP contribution in [0, 0.1) is 0 Å². The van der Waals surface area contributed by atoms with Gasteiger partial charge in [0.05, 0.1) is 25.4 Å². The molecule has 1 rings (SSSR count). The molecule has 0 bridgehead atoms. The molecule has 0 spiro atoms. The molecule has 1 fully saturated rings. The van der Waals surface area contributed by atoms with E-state index < -0.39 is 74.2 Å². The van der Waals surface area contributed by atoms with E-state index >= 15 is 0 Å². The van der Waals surface area contributed by atoms with Crippen molar-refractivity contribution in [2.24, 2.45) is 0 Å². The molecule has 0 saturated carbocycles. The van der Waals surface area contributed by atoms with Crippen molar-refractivity contribution in [1.29, 1.82) is 0 Å². The van der Waals surface area contributed by atoms with Crippen LogP contribution in [0.1, 0.15) is 444 Å². The van der Waals surface area contributed by atoms with E-state index in [2.05, 4.69) is 31.3 Å². The summed E-state index contributed by atoms with van der Waals surface area (Å²) in [5, 5.41) is 76.8. The maximum absolute atomic E-state index is 13.3. The Balaban J connectivity index is 2.10. The first kappa shape index (κ1) is 90.9. The second kappa shape index (κ2) is 71.7. The minimum Gasteiger partial charge on any atom is -0.394 e. The van der Waals surface area contributed by atoms with Gasteiger partial charge in [-0.1, -0.05) is 418 Å². The highest BCUT2D eigenvalue weighted by molar-refractivity contribution is 5.80. The maximum atomic E-state index is 13.3. The molecule has 0 aromatic carbocycles. The van der Waals surface area contributed by atoms with Crippen LogP contribution in [-0.2, 0) is 14.3 Å². The fraction of sp³-hybridized carbons (Fsp3) is 0.964. The van der Waals surface area contributed by atoms with Crippen LogP contribution in [0.15, 0.2) is 12.2 Å². The molecule has 0 aromatic rings. The molecule has 11 heteroatoms. The molecule has 1 aliphatic rings. The van der Waals surface area contributed by atoms with E-state index in [1.807, 2.05) is 0 Å². The highest BCUT2D eigenvalue weighted by Crippen LogP contribution is 2.25. The number of aliphatic hydroxyl groups is 7. The lowest BCUT2D eigenvalue weighted by Crippen LogP contribution is -2.60. The van der Waals surface area contributed by atoms with E-state index in [1.165, 1.54) is 372 Å². The summed E-state index contributed by atoms with van der Waals surface area (Å²) in [5.74, 6) is -0.695. The Kier molecular flexibility index (Phi) is 69.3. The number of nitrogens with one attached hydrogen (secondary N) is 1. The van der Waals surface area contributed by atoms with Crippen molar-refractivity contribution in [2.75, 3.05) is 13.2 Å². The molecule has 11 nitrogen and oxygen atoms in total. The van der Waals surface area contributed by atoms with Gasteiger partial charge >= 0.3 is 0 Å². The predicted molar refractivity (Wildman–Crippen MR) is 399 cm³/mol. The number of amides is 1. The lowest BCUT2D eigenvalue weighted by molar-refractivity contribution is -0.303. The summed E-state index contributed by atoms with van der Waals surface area (Å²) in [6.45, 7) is 3.53. The lowest BCUT2D eigenvalue weighted by atomic mass is 9.98. The topological polar surface area (TPSA) is 189 Å². The van der Waals surface area contributed by atoms with Crippen LogP contribution in [0.25, 0.3) is 0 Å². The molecule has 560 valence electrons. The zero-order valence-corrected chi connectivity index (χ0v) is 62.5. The van der Waals surface area contributed by atoms with Gasteiger partial charge in [-0.15, -0.1) is 0 Å². The van der Waals surface area contributed by atoms with E-state index in [0.29, 0.717) is 12.8 Å². The first-order valence-electron chi connectivity index (χ1n) is 42.1. The van der Waals surface area contributed by atoms with Crippen molar-refractivity contribution in [1.82, 2.24) is 5.32 Å². The predicted octanol–water partition coefficient (Wildman–Crippen LogP) is 22.1. The van der Waals surface area contributed by atoms with Gasteiger partial charge < -0.3 is 50.5 Å². The summed E-state index contributed by atoms with van der Waals surface area (Å²) in [5.41, 5.74) is 0. The third-order valence-corrected chi connectivity index (χ3v) is 20.8. The van der Waals surface area contributed by atoms with Gasteiger partial charge in [-0.3, -0.25) is 4.79 Å². The molecule has 0 radical (unpaired) electrons. The molecule has 9 unspecified atom stereocenters. The molecule has 1 aliphatic heterocycles. The quantitative estimate of drug-likeness (QED) is 0.0215. The highest BCUT2D eigenvalue weighted by Gasteiger charge is 2.44. The number of unbranched alkanes of at least 4 members (excludes halogenated alkanes) is 62. The number of aliphatic hydroxyl groups excluding tert-OH is 7. The first-order chi connectivity index (χ1) is 46.2. The van der Waals surface area contributed by atoms with Crippen molar-refractivity contribution in [3.05, 3.63) is 12.2 Å². The fourth-order valence-electron chi connectivity index (χ4n) is 14.2. The van der Waals surface area contributed by atoms with Crippen LogP contribution in [0.5, 0.6) is 0 Å². The number of rotatable bonds is 76. The molecular formula is C83H163NO10. The average Bonchev–Trinajstić information content (AvgIpc) is 0.903. The zero-order chi connectivity index (χ0) is 68.1. The van der Waals surface area contributed by atoms with Crippen LogP contribution in [-0.4, -0.2) is 110 Å². The number of allylic oxidation sites excluding steroid dienone is 2. The Morgan fingerprint density at radius 3 is 0.915 bits per heavy atom. The van der Waals surface area contributed by atoms with Crippen molar-refractivity contribution >= 4 is 5.91 Å². The van der Waals surface area contributed by atoms with Crippen LogP contribution in [0.2, 0.25) is 0 Å². The van der Waals surface area contributed by atoms with Gasteiger partial charge in [0, 0.05) is 0 Å². The SMILES string of the molecule is CCCCCCCCCCCCCCCCCCCCCCCCCC/C=C/CCCC(O)C(O)C(COC1OC(CO)C(O)C(O)C1O)NC(=O)C(O)CCCCCCCCCCCCCCCCCCCCCCCCCCCCCCCCCCCCCCCC. The molecule has 9 atom stereocenters. The number of carbonyl (C=O) groups excluding carboxylic acids is 1. The van der Waals surface area contributed by atoms with Gasteiger partial charge in [0.1, 0.15) is 36.6 Å². The Hall–Kier alpha value is -1.15. The van der Waals surface area contributed by atoms with Crippen molar-refractivity contribution < 1.29 is 50.0 Å². The lowest BCUT2D eigenvalue weighted by Gasteiger charge is -2.40. The summed E-state index contributed by atoms with van der Waals surface area (Å²) >= 11 is 0. The van der Waals surface area contributed by atoms with Crippen molar-refractivity contribution in [3.63, 3.8) is 0 Å². The Morgan fingerprint density at radius 2 is 0.628 bits per heavy atom. The average molecular weight is 1340 g/mol. The number of carbonyl (C=O) groups is 1. The van der Waals surface area contributed by atoms with Crippen molar-refractivity contribution in [2.45, 2.75) is 499 Å². The number of ether oxygens (including phenoxy) is 2. The monoisotopic (exact) mass is 1330 g/mol. The van der Waals surface area contributed by atoms with E-state index in [-0.39, 0.29) is 12.8 Å². The summed E-state index contributed by atoms with van der Waals surface area (Å²) in [4.78, 5) is 13.3. The highest BCUT2D eigenvalue weighted by atomic mass is 16.7. The summed E-state index contributed by atoms with van der Waals surface area (Å²) in [6, 6.07) is -1.18. The Labute approximate surface area is 582 Å². The van der Waals surface area contributed by atoms with Gasteiger partial charge in [0.15, 0.2) is 6.29 Å². The standard InChI is InChI=1S/C83H163NO10/c1-3-5-7-9-11-13-15-17-19-21-23-25-27-29-31-33-34-35-36-37-38-39-40-41-43-45-47-49-51-53-55-57-59-61-63-65-67-69-71-76(87)82(92)84-74(73-93-83-81(91)80(90)79(89)77(72-85)94-83)78(88)75(86)70-68-66-64-62-60-58-56-54-52-50-48-46-44-42-32-30-28-26-24-22-20-18-16-14-12-10-8-6-4-2/h62,64,74-81,83,85-91H,3-61,63,65-73H2,1-2H3,(H,84,92)/b64-62+. The van der Waals surface area contributed by atoms with E-state index in [1.54, 1.807) is 0 Å². The molecule has 1 amide bonds. The van der Waals surface area contributed by atoms with Gasteiger partial charge in [-0.25, -0.2) is 0 Å². The maximum Gasteiger partial charge on any atom is 0.249 e. The zero-order valence-electron chi connectivity index (χ0n) is 62.5. The molecule has 0 aromatic heterocycles. The van der Waals surface area contributed by atoms with Crippen molar-refractivity contribution in [3.8, 4) is 0 Å². The summed E-state index contributed by atoms with van der Waals surface area (Å²) in [6.07, 6.45) is 80.7. The van der Waals surface area contributed by atoms with Crippen LogP contribution in [0.4, 0.5) is 0 Å². The molecule has 0 aliphatic carbocycles. The second-order valence-electron chi connectivity index (χ2n) is 29.9. The van der Waals surface area contributed by atoms with Gasteiger partial charge in [0.2, 0.25) is 5.91 Å².